The van der Waals surface area contributed by atoms with Crippen LogP contribution in [0.15, 0.2) is 0 Å². The lowest BCUT2D eigenvalue weighted by Gasteiger charge is -2.22. The van der Waals surface area contributed by atoms with Crippen LogP contribution in [0.3, 0.4) is 0 Å². The van der Waals surface area contributed by atoms with Crippen LogP contribution in [0.1, 0.15) is 19.3 Å². The summed E-state index contributed by atoms with van der Waals surface area (Å²) in [6.45, 7) is 0.582. The Morgan fingerprint density at radius 1 is 1.64 bits per heavy atom. The molecule has 1 rings (SSSR count). The first kappa shape index (κ1) is 10.5. The third-order valence-corrected chi connectivity index (χ3v) is 2.35. The Morgan fingerprint density at radius 3 is 2.93 bits per heavy atom. The van der Waals surface area contributed by atoms with Crippen molar-refractivity contribution in [3.63, 3.8) is 0 Å². The highest BCUT2D eigenvalue weighted by molar-refractivity contribution is 5.88. The van der Waals surface area contributed by atoms with Crippen molar-refractivity contribution in [1.82, 2.24) is 10.2 Å². The first-order chi connectivity index (χ1) is 6.70. The third kappa shape index (κ3) is 2.02. The van der Waals surface area contributed by atoms with Gasteiger partial charge in [-0.2, -0.15) is 5.26 Å². The van der Waals surface area contributed by atoms with Gasteiger partial charge in [0.05, 0.1) is 6.07 Å². The van der Waals surface area contributed by atoms with E-state index in [1.54, 1.807) is 13.1 Å². The van der Waals surface area contributed by atoms with Gasteiger partial charge in [0.25, 0.3) is 0 Å². The van der Waals surface area contributed by atoms with Gasteiger partial charge in [-0.15, -0.1) is 0 Å². The summed E-state index contributed by atoms with van der Waals surface area (Å²) < 4.78 is 0. The summed E-state index contributed by atoms with van der Waals surface area (Å²) in [5.41, 5.74) is 0. The van der Waals surface area contributed by atoms with E-state index in [0.717, 1.165) is 6.42 Å². The first-order valence-corrected chi connectivity index (χ1v) is 4.58. The van der Waals surface area contributed by atoms with Crippen LogP contribution in [-0.2, 0) is 9.59 Å². The minimum atomic E-state index is -0.374. The number of carbonyl (C=O) groups is 2. The molecular formula is C9H13N3O2. The van der Waals surface area contributed by atoms with E-state index in [0.29, 0.717) is 13.0 Å². The molecule has 0 saturated carbocycles. The molecule has 1 aliphatic heterocycles. The number of hydrogen-bond acceptors (Lipinski definition) is 3. The zero-order valence-corrected chi connectivity index (χ0v) is 8.12. The molecule has 5 heteroatoms. The molecule has 1 N–H and O–H groups in total. The predicted molar refractivity (Wildman–Crippen MR) is 49.0 cm³/mol. The molecule has 5 nitrogen and oxygen atoms in total. The van der Waals surface area contributed by atoms with E-state index < -0.39 is 0 Å². The number of carbonyl (C=O) groups excluding carboxylic acids is 2. The second kappa shape index (κ2) is 4.61. The first-order valence-electron chi connectivity index (χ1n) is 4.58. The summed E-state index contributed by atoms with van der Waals surface area (Å²) in [5.74, 6) is -0.396. The number of nitrogens with zero attached hydrogens (tertiary/aromatic N) is 2. The molecule has 1 unspecified atom stereocenters. The Hall–Kier alpha value is -1.57. The lowest BCUT2D eigenvalue weighted by Crippen LogP contribution is -2.44. The van der Waals surface area contributed by atoms with Crippen molar-refractivity contribution in [2.75, 3.05) is 13.6 Å². The van der Waals surface area contributed by atoms with Gasteiger partial charge in [0, 0.05) is 13.6 Å². The van der Waals surface area contributed by atoms with Gasteiger partial charge in [0.15, 0.2) is 0 Å². The van der Waals surface area contributed by atoms with Crippen LogP contribution in [0.5, 0.6) is 0 Å². The smallest absolute Gasteiger partial charge is 0.242 e. The average molecular weight is 195 g/mol. The van der Waals surface area contributed by atoms with Crippen molar-refractivity contribution in [1.29, 1.82) is 5.26 Å². The molecule has 1 fully saturated rings. The van der Waals surface area contributed by atoms with Gasteiger partial charge >= 0.3 is 0 Å². The number of nitrogens with one attached hydrogen (secondary N) is 1. The minimum Gasteiger partial charge on any atom is -0.357 e. The fourth-order valence-electron chi connectivity index (χ4n) is 1.67. The topological polar surface area (TPSA) is 73.2 Å². The fourth-order valence-corrected chi connectivity index (χ4v) is 1.67. The van der Waals surface area contributed by atoms with Crippen molar-refractivity contribution >= 4 is 11.8 Å². The van der Waals surface area contributed by atoms with Crippen LogP contribution in [0.4, 0.5) is 0 Å². The van der Waals surface area contributed by atoms with Crippen molar-refractivity contribution in [3.05, 3.63) is 0 Å². The Morgan fingerprint density at radius 2 is 2.36 bits per heavy atom. The lowest BCUT2D eigenvalue weighted by atomic mass is 10.2. The SMILES string of the molecule is CNC(=O)C1CCCN1C(=O)CC#N. The molecule has 0 aromatic rings. The summed E-state index contributed by atoms with van der Waals surface area (Å²) in [6.07, 6.45) is 1.37. The van der Waals surface area contributed by atoms with Crippen LogP contribution in [0.2, 0.25) is 0 Å². The molecule has 1 atom stereocenters. The van der Waals surface area contributed by atoms with E-state index in [4.69, 9.17) is 5.26 Å². The van der Waals surface area contributed by atoms with Gasteiger partial charge in [0.1, 0.15) is 12.5 Å². The summed E-state index contributed by atoms with van der Waals surface area (Å²) in [5, 5.41) is 10.9. The van der Waals surface area contributed by atoms with Crippen LogP contribution < -0.4 is 5.32 Å². The van der Waals surface area contributed by atoms with E-state index in [1.807, 2.05) is 0 Å². The Balaban J connectivity index is 2.64. The Bertz CT molecular complexity index is 282. The van der Waals surface area contributed by atoms with E-state index in [9.17, 15) is 9.59 Å². The maximum absolute atomic E-state index is 11.4. The van der Waals surface area contributed by atoms with Gasteiger partial charge in [-0.3, -0.25) is 9.59 Å². The standard InChI is InChI=1S/C9H13N3O2/c1-11-9(14)7-3-2-6-12(7)8(13)4-5-10/h7H,2-4,6H2,1H3,(H,11,14). The average Bonchev–Trinajstić information content (AvgIpc) is 2.65. The van der Waals surface area contributed by atoms with Crippen molar-refractivity contribution in [2.45, 2.75) is 25.3 Å². The van der Waals surface area contributed by atoms with Crippen LogP contribution in [-0.4, -0.2) is 36.3 Å². The number of amides is 2. The highest BCUT2D eigenvalue weighted by Gasteiger charge is 2.32. The van der Waals surface area contributed by atoms with Crippen molar-refractivity contribution in [3.8, 4) is 6.07 Å². The maximum atomic E-state index is 11.4. The van der Waals surface area contributed by atoms with E-state index in [2.05, 4.69) is 5.32 Å². The monoisotopic (exact) mass is 195 g/mol. The fraction of sp³-hybridized carbons (Fsp3) is 0.667. The maximum Gasteiger partial charge on any atom is 0.242 e. The largest absolute Gasteiger partial charge is 0.357 e. The number of rotatable bonds is 2. The number of nitriles is 1. The zero-order chi connectivity index (χ0) is 10.6. The molecule has 0 radical (unpaired) electrons. The normalized spacial score (nSPS) is 20.3. The van der Waals surface area contributed by atoms with E-state index in [1.165, 1.54) is 4.90 Å². The van der Waals surface area contributed by atoms with Crippen molar-refractivity contribution < 1.29 is 9.59 Å². The minimum absolute atomic E-state index is 0.145. The molecule has 76 valence electrons. The van der Waals surface area contributed by atoms with Crippen LogP contribution in [0, 0.1) is 11.3 Å². The summed E-state index contributed by atoms with van der Waals surface area (Å²) in [7, 11) is 1.55. The summed E-state index contributed by atoms with van der Waals surface area (Å²) >= 11 is 0. The van der Waals surface area contributed by atoms with E-state index in [-0.39, 0.29) is 24.3 Å². The number of likely N-dealkylation sites (tertiary alicyclic amines) is 1. The van der Waals surface area contributed by atoms with Crippen LogP contribution >= 0.6 is 0 Å². The molecule has 14 heavy (non-hydrogen) atoms. The Kier molecular flexibility index (Phi) is 3.46. The predicted octanol–water partition coefficient (Wildman–Crippen LogP) is -0.363. The van der Waals surface area contributed by atoms with Gasteiger partial charge in [0.2, 0.25) is 11.8 Å². The highest BCUT2D eigenvalue weighted by atomic mass is 16.2. The second-order valence-electron chi connectivity index (χ2n) is 3.19. The Labute approximate surface area is 82.7 Å². The van der Waals surface area contributed by atoms with Crippen LogP contribution in [0.25, 0.3) is 0 Å². The lowest BCUT2D eigenvalue weighted by molar-refractivity contribution is -0.137. The van der Waals surface area contributed by atoms with Gasteiger partial charge < -0.3 is 10.2 Å². The molecule has 0 spiro atoms. The van der Waals surface area contributed by atoms with Gasteiger partial charge in [-0.05, 0) is 12.8 Å². The van der Waals surface area contributed by atoms with Gasteiger partial charge in [-0.1, -0.05) is 0 Å². The van der Waals surface area contributed by atoms with Crippen molar-refractivity contribution in [2.24, 2.45) is 0 Å². The molecule has 0 aromatic heterocycles. The molecule has 0 aliphatic carbocycles. The summed E-state index contributed by atoms with van der Waals surface area (Å²) in [6, 6.07) is 1.42. The third-order valence-electron chi connectivity index (χ3n) is 2.35. The molecule has 1 aliphatic rings. The molecule has 1 heterocycles. The summed E-state index contributed by atoms with van der Waals surface area (Å²) in [4.78, 5) is 24.2. The molecule has 1 saturated heterocycles. The quantitative estimate of drug-likeness (QED) is 0.653. The number of hydrogen-bond donors (Lipinski definition) is 1. The molecule has 2 amide bonds. The molecule has 0 bridgehead atoms. The highest BCUT2D eigenvalue weighted by Crippen LogP contribution is 2.17. The second-order valence-corrected chi connectivity index (χ2v) is 3.19. The zero-order valence-electron chi connectivity index (χ0n) is 8.12. The van der Waals surface area contributed by atoms with Gasteiger partial charge in [-0.25, -0.2) is 0 Å². The van der Waals surface area contributed by atoms with E-state index >= 15 is 0 Å². The molecular weight excluding hydrogens is 182 g/mol. The number of likely N-dealkylation sites (N-methyl/N-ethyl adjacent to an activating group) is 1. The molecule has 0 aromatic carbocycles.